The van der Waals surface area contributed by atoms with Crippen molar-refractivity contribution in [2.24, 2.45) is 0 Å². The molecule has 0 radical (unpaired) electrons. The van der Waals surface area contributed by atoms with Crippen LogP contribution in [-0.4, -0.2) is 19.6 Å². The van der Waals surface area contributed by atoms with Gasteiger partial charge < -0.3 is 9.67 Å². The number of pyridine rings is 1. The SMILES string of the molecule is CCCn1ccnc1C(O)c1cncc(C)c1. The molecule has 17 heavy (non-hydrogen) atoms. The van der Waals surface area contributed by atoms with E-state index in [0.29, 0.717) is 5.82 Å². The van der Waals surface area contributed by atoms with Crippen molar-refractivity contribution in [3.05, 3.63) is 47.8 Å². The lowest BCUT2D eigenvalue weighted by Gasteiger charge is -2.13. The van der Waals surface area contributed by atoms with Crippen molar-refractivity contribution >= 4 is 0 Å². The van der Waals surface area contributed by atoms with Gasteiger partial charge in [-0.1, -0.05) is 6.92 Å². The van der Waals surface area contributed by atoms with Crippen LogP contribution in [0.1, 0.15) is 36.4 Å². The topological polar surface area (TPSA) is 50.9 Å². The highest BCUT2D eigenvalue weighted by atomic mass is 16.3. The minimum Gasteiger partial charge on any atom is -0.380 e. The first-order chi connectivity index (χ1) is 8.22. The van der Waals surface area contributed by atoms with Gasteiger partial charge in [-0.15, -0.1) is 0 Å². The Balaban J connectivity index is 2.30. The van der Waals surface area contributed by atoms with Gasteiger partial charge in [0, 0.05) is 36.9 Å². The van der Waals surface area contributed by atoms with E-state index in [0.717, 1.165) is 24.1 Å². The molecule has 2 aromatic heterocycles. The number of hydrogen-bond donors (Lipinski definition) is 1. The molecule has 1 unspecified atom stereocenters. The second-order valence-corrected chi connectivity index (χ2v) is 4.18. The summed E-state index contributed by atoms with van der Waals surface area (Å²) in [5.74, 6) is 0.680. The molecule has 4 nitrogen and oxygen atoms in total. The fourth-order valence-corrected chi connectivity index (χ4v) is 1.88. The van der Waals surface area contributed by atoms with E-state index in [1.807, 2.05) is 23.8 Å². The molecule has 1 atom stereocenters. The van der Waals surface area contributed by atoms with Crippen LogP contribution in [0.15, 0.2) is 30.9 Å². The molecule has 0 saturated heterocycles. The summed E-state index contributed by atoms with van der Waals surface area (Å²) in [5, 5.41) is 10.3. The zero-order valence-electron chi connectivity index (χ0n) is 10.2. The number of aryl methyl sites for hydroxylation is 2. The second kappa shape index (κ2) is 5.10. The molecule has 1 N–H and O–H groups in total. The predicted molar refractivity (Wildman–Crippen MR) is 65.6 cm³/mol. The van der Waals surface area contributed by atoms with Crippen molar-refractivity contribution in [2.75, 3.05) is 0 Å². The zero-order valence-corrected chi connectivity index (χ0v) is 10.2. The number of imidazole rings is 1. The van der Waals surface area contributed by atoms with E-state index >= 15 is 0 Å². The first-order valence-corrected chi connectivity index (χ1v) is 5.83. The van der Waals surface area contributed by atoms with Crippen molar-refractivity contribution < 1.29 is 5.11 Å². The van der Waals surface area contributed by atoms with Crippen molar-refractivity contribution in [1.29, 1.82) is 0 Å². The molecular weight excluding hydrogens is 214 g/mol. The van der Waals surface area contributed by atoms with Crippen molar-refractivity contribution in [3.63, 3.8) is 0 Å². The highest BCUT2D eigenvalue weighted by Gasteiger charge is 2.16. The standard InChI is InChI=1S/C13H17N3O/c1-3-5-16-6-4-15-13(16)12(17)11-7-10(2)8-14-9-11/h4,6-9,12,17H,3,5H2,1-2H3. The van der Waals surface area contributed by atoms with Crippen molar-refractivity contribution in [1.82, 2.24) is 14.5 Å². The van der Waals surface area contributed by atoms with Crippen LogP contribution in [0.4, 0.5) is 0 Å². The summed E-state index contributed by atoms with van der Waals surface area (Å²) in [6.45, 7) is 4.93. The van der Waals surface area contributed by atoms with Gasteiger partial charge in [0.25, 0.3) is 0 Å². The maximum atomic E-state index is 10.3. The van der Waals surface area contributed by atoms with Gasteiger partial charge in [-0.3, -0.25) is 4.98 Å². The lowest BCUT2D eigenvalue weighted by molar-refractivity contribution is 0.204. The van der Waals surface area contributed by atoms with E-state index in [4.69, 9.17) is 0 Å². The molecule has 2 heterocycles. The number of aliphatic hydroxyl groups excluding tert-OH is 1. The number of aromatic nitrogens is 3. The van der Waals surface area contributed by atoms with Gasteiger partial charge in [0.2, 0.25) is 0 Å². The lowest BCUT2D eigenvalue weighted by atomic mass is 10.1. The molecule has 0 aromatic carbocycles. The van der Waals surface area contributed by atoms with E-state index in [1.54, 1.807) is 18.6 Å². The third-order valence-electron chi connectivity index (χ3n) is 2.67. The average Bonchev–Trinajstić information content (AvgIpc) is 2.77. The average molecular weight is 231 g/mol. The fraction of sp³-hybridized carbons (Fsp3) is 0.385. The third-order valence-corrected chi connectivity index (χ3v) is 2.67. The maximum absolute atomic E-state index is 10.3. The maximum Gasteiger partial charge on any atom is 0.142 e. The van der Waals surface area contributed by atoms with E-state index in [9.17, 15) is 5.11 Å². The molecule has 4 heteroatoms. The van der Waals surface area contributed by atoms with Crippen molar-refractivity contribution in [3.8, 4) is 0 Å². The van der Waals surface area contributed by atoms with Crippen LogP contribution in [0, 0.1) is 6.92 Å². The van der Waals surface area contributed by atoms with Crippen LogP contribution in [0.25, 0.3) is 0 Å². The van der Waals surface area contributed by atoms with Gasteiger partial charge in [-0.2, -0.15) is 0 Å². The lowest BCUT2D eigenvalue weighted by Crippen LogP contribution is -2.10. The zero-order chi connectivity index (χ0) is 12.3. The Morgan fingerprint density at radius 3 is 2.94 bits per heavy atom. The minimum atomic E-state index is -0.705. The van der Waals surface area contributed by atoms with E-state index < -0.39 is 6.10 Å². The van der Waals surface area contributed by atoms with Crippen LogP contribution in [0.3, 0.4) is 0 Å². The summed E-state index contributed by atoms with van der Waals surface area (Å²) in [5.41, 5.74) is 1.82. The van der Waals surface area contributed by atoms with Gasteiger partial charge >= 0.3 is 0 Å². The van der Waals surface area contributed by atoms with E-state index in [2.05, 4.69) is 16.9 Å². The molecule has 0 bridgehead atoms. The minimum absolute atomic E-state index is 0.680. The Hall–Kier alpha value is -1.68. The molecule has 0 fully saturated rings. The van der Waals surface area contributed by atoms with Crippen molar-refractivity contribution in [2.45, 2.75) is 32.9 Å². The third kappa shape index (κ3) is 2.53. The molecule has 0 aliphatic rings. The molecule has 2 aromatic rings. The van der Waals surface area contributed by atoms with E-state index in [1.165, 1.54) is 0 Å². The molecule has 90 valence electrons. The molecule has 0 aliphatic heterocycles. The van der Waals surface area contributed by atoms with Gasteiger partial charge in [-0.25, -0.2) is 4.98 Å². The number of hydrogen-bond acceptors (Lipinski definition) is 3. The number of nitrogens with zero attached hydrogens (tertiary/aromatic N) is 3. The molecular formula is C13H17N3O. The van der Waals surface area contributed by atoms with E-state index in [-0.39, 0.29) is 0 Å². The number of rotatable bonds is 4. The van der Waals surface area contributed by atoms with Gasteiger partial charge in [0.15, 0.2) is 0 Å². The Morgan fingerprint density at radius 2 is 2.24 bits per heavy atom. The monoisotopic (exact) mass is 231 g/mol. The van der Waals surface area contributed by atoms with Gasteiger partial charge in [-0.05, 0) is 25.0 Å². The molecule has 0 spiro atoms. The summed E-state index contributed by atoms with van der Waals surface area (Å²) in [7, 11) is 0. The van der Waals surface area contributed by atoms with Crippen LogP contribution in [-0.2, 0) is 6.54 Å². The molecule has 0 saturated carbocycles. The van der Waals surface area contributed by atoms with Crippen LogP contribution >= 0.6 is 0 Å². The molecule has 0 aliphatic carbocycles. The highest BCUT2D eigenvalue weighted by Crippen LogP contribution is 2.20. The van der Waals surface area contributed by atoms with Crippen LogP contribution in [0.5, 0.6) is 0 Å². The van der Waals surface area contributed by atoms with Gasteiger partial charge in [0.05, 0.1) is 0 Å². The second-order valence-electron chi connectivity index (χ2n) is 4.18. The van der Waals surface area contributed by atoms with Crippen LogP contribution < -0.4 is 0 Å². The number of aliphatic hydroxyl groups is 1. The normalized spacial score (nSPS) is 12.6. The smallest absolute Gasteiger partial charge is 0.142 e. The largest absolute Gasteiger partial charge is 0.380 e. The first-order valence-electron chi connectivity index (χ1n) is 5.83. The van der Waals surface area contributed by atoms with Crippen LogP contribution in [0.2, 0.25) is 0 Å². The molecule has 2 rings (SSSR count). The predicted octanol–water partition coefficient (Wildman–Crippen LogP) is 2.08. The fourth-order valence-electron chi connectivity index (χ4n) is 1.88. The quantitative estimate of drug-likeness (QED) is 0.876. The summed E-state index contributed by atoms with van der Waals surface area (Å²) in [6, 6.07) is 1.93. The van der Waals surface area contributed by atoms with Gasteiger partial charge in [0.1, 0.15) is 11.9 Å². The summed E-state index contributed by atoms with van der Waals surface area (Å²) >= 11 is 0. The molecule has 0 amide bonds. The Morgan fingerprint density at radius 1 is 1.41 bits per heavy atom. The highest BCUT2D eigenvalue weighted by molar-refractivity contribution is 5.23. The summed E-state index contributed by atoms with van der Waals surface area (Å²) in [6.07, 6.45) is 7.38. The first kappa shape index (κ1) is 11.8. The Labute approximate surface area is 101 Å². The Kier molecular flexibility index (Phi) is 3.54. The summed E-state index contributed by atoms with van der Waals surface area (Å²) < 4.78 is 1.98. The summed E-state index contributed by atoms with van der Waals surface area (Å²) in [4.78, 5) is 8.32. The Bertz CT molecular complexity index is 493.